The molecule has 0 N–H and O–H groups in total. The first-order valence-electron chi connectivity index (χ1n) is 5.16. The molecule has 1 aliphatic carbocycles. The maximum absolute atomic E-state index is 11.1. The van der Waals surface area contributed by atoms with E-state index in [0.717, 1.165) is 25.6 Å². The maximum Gasteiger partial charge on any atom is 0.219 e. The Morgan fingerprint density at radius 2 is 2.00 bits per heavy atom. The van der Waals surface area contributed by atoms with Crippen molar-refractivity contribution in [2.45, 2.75) is 38.3 Å². The van der Waals surface area contributed by atoms with Crippen LogP contribution in [-0.4, -0.2) is 47.9 Å². The predicted octanol–water partition coefficient (Wildman–Crippen LogP) is 0.701. The number of likely N-dealkylation sites (tertiary alicyclic amines) is 1. The third-order valence-corrected chi connectivity index (χ3v) is 3.31. The van der Waals surface area contributed by atoms with Gasteiger partial charge in [-0.25, -0.2) is 0 Å². The van der Waals surface area contributed by atoms with Crippen molar-refractivity contribution in [2.75, 3.05) is 20.1 Å². The third-order valence-electron chi connectivity index (χ3n) is 3.31. The Labute approximate surface area is 79.7 Å². The fraction of sp³-hybridized carbons (Fsp3) is 0.900. The van der Waals surface area contributed by atoms with Gasteiger partial charge in [-0.05, 0) is 26.3 Å². The quantitative estimate of drug-likeness (QED) is 0.627. The molecular formula is C10H18N2O. The van der Waals surface area contributed by atoms with Crippen LogP contribution in [0.25, 0.3) is 0 Å². The number of carbonyl (C=O) groups excluding carboxylic acids is 1. The number of carbonyl (C=O) groups is 1. The van der Waals surface area contributed by atoms with Crippen LogP contribution in [0.2, 0.25) is 0 Å². The van der Waals surface area contributed by atoms with Crippen molar-refractivity contribution in [3.8, 4) is 0 Å². The molecule has 3 heteroatoms. The molecule has 0 radical (unpaired) electrons. The van der Waals surface area contributed by atoms with Crippen molar-refractivity contribution in [2.24, 2.45) is 0 Å². The van der Waals surface area contributed by atoms with Crippen molar-refractivity contribution in [1.29, 1.82) is 0 Å². The Kier molecular flexibility index (Phi) is 2.28. The zero-order chi connectivity index (χ0) is 9.42. The second-order valence-corrected chi connectivity index (χ2v) is 4.30. The van der Waals surface area contributed by atoms with E-state index in [2.05, 4.69) is 11.9 Å². The van der Waals surface area contributed by atoms with Crippen LogP contribution < -0.4 is 0 Å². The highest BCUT2D eigenvalue weighted by molar-refractivity contribution is 5.73. The molecule has 2 fully saturated rings. The molecule has 0 aromatic rings. The van der Waals surface area contributed by atoms with Crippen molar-refractivity contribution in [3.05, 3.63) is 0 Å². The fourth-order valence-electron chi connectivity index (χ4n) is 2.14. The number of nitrogens with zero attached hydrogens (tertiary/aromatic N) is 2. The molecule has 0 spiro atoms. The van der Waals surface area contributed by atoms with Crippen molar-refractivity contribution >= 4 is 5.91 Å². The van der Waals surface area contributed by atoms with Gasteiger partial charge < -0.3 is 4.90 Å². The molecule has 1 amide bonds. The summed E-state index contributed by atoms with van der Waals surface area (Å²) < 4.78 is 0. The lowest BCUT2D eigenvalue weighted by atomic mass is 10.2. The van der Waals surface area contributed by atoms with Crippen LogP contribution >= 0.6 is 0 Å². The Balaban J connectivity index is 1.86. The van der Waals surface area contributed by atoms with E-state index >= 15 is 0 Å². The molecule has 2 aliphatic rings. The van der Waals surface area contributed by atoms with Gasteiger partial charge in [-0.3, -0.25) is 9.69 Å². The van der Waals surface area contributed by atoms with E-state index in [1.807, 2.05) is 4.90 Å². The summed E-state index contributed by atoms with van der Waals surface area (Å²) in [5.41, 5.74) is 0. The molecule has 0 aromatic heterocycles. The molecule has 1 saturated carbocycles. The zero-order valence-electron chi connectivity index (χ0n) is 8.49. The van der Waals surface area contributed by atoms with Gasteiger partial charge in [-0.15, -0.1) is 0 Å². The molecule has 3 nitrogen and oxygen atoms in total. The normalized spacial score (nSPS) is 28.5. The summed E-state index contributed by atoms with van der Waals surface area (Å²) in [4.78, 5) is 15.5. The summed E-state index contributed by atoms with van der Waals surface area (Å²) >= 11 is 0. The van der Waals surface area contributed by atoms with E-state index < -0.39 is 0 Å². The Bertz CT molecular complexity index is 213. The van der Waals surface area contributed by atoms with E-state index in [-0.39, 0.29) is 5.91 Å². The highest BCUT2D eigenvalue weighted by atomic mass is 16.2. The number of rotatable bonds is 2. The lowest BCUT2D eigenvalue weighted by molar-refractivity contribution is -0.127. The van der Waals surface area contributed by atoms with Gasteiger partial charge in [0.05, 0.1) is 0 Å². The molecule has 1 heterocycles. The monoisotopic (exact) mass is 182 g/mol. The molecule has 74 valence electrons. The molecule has 0 bridgehead atoms. The summed E-state index contributed by atoms with van der Waals surface area (Å²) in [6.07, 6.45) is 3.87. The van der Waals surface area contributed by atoms with E-state index in [1.165, 1.54) is 12.8 Å². The number of likely N-dealkylation sites (N-methyl/N-ethyl adjacent to an activating group) is 1. The lowest BCUT2D eigenvalue weighted by Gasteiger charge is -2.23. The summed E-state index contributed by atoms with van der Waals surface area (Å²) in [6, 6.07) is 1.44. The number of hydrogen-bond acceptors (Lipinski definition) is 2. The van der Waals surface area contributed by atoms with Gasteiger partial charge >= 0.3 is 0 Å². The lowest BCUT2D eigenvalue weighted by Crippen LogP contribution is -2.37. The Hall–Kier alpha value is -0.570. The minimum absolute atomic E-state index is 0.228. The second-order valence-electron chi connectivity index (χ2n) is 4.30. The first-order valence-corrected chi connectivity index (χ1v) is 5.16. The summed E-state index contributed by atoms with van der Waals surface area (Å²) in [7, 11) is 2.20. The maximum atomic E-state index is 11.1. The molecule has 0 aromatic carbocycles. The van der Waals surface area contributed by atoms with E-state index in [4.69, 9.17) is 0 Å². The highest BCUT2D eigenvalue weighted by Gasteiger charge is 2.35. The molecule has 2 rings (SSSR count). The van der Waals surface area contributed by atoms with Gasteiger partial charge in [0.25, 0.3) is 0 Å². The molecule has 13 heavy (non-hydrogen) atoms. The van der Waals surface area contributed by atoms with Crippen LogP contribution in [0, 0.1) is 0 Å². The van der Waals surface area contributed by atoms with Crippen LogP contribution in [-0.2, 0) is 4.79 Å². The summed E-state index contributed by atoms with van der Waals surface area (Å²) in [5.74, 6) is 0.228. The van der Waals surface area contributed by atoms with Gasteiger partial charge in [-0.2, -0.15) is 0 Å². The molecule has 1 aliphatic heterocycles. The minimum Gasteiger partial charge on any atom is -0.341 e. The van der Waals surface area contributed by atoms with Crippen molar-refractivity contribution in [1.82, 2.24) is 9.80 Å². The van der Waals surface area contributed by atoms with Gasteiger partial charge in [0.2, 0.25) is 5.91 Å². The van der Waals surface area contributed by atoms with Crippen LogP contribution in [0.1, 0.15) is 26.2 Å². The van der Waals surface area contributed by atoms with Crippen molar-refractivity contribution < 1.29 is 4.79 Å². The average molecular weight is 182 g/mol. The molecular weight excluding hydrogens is 164 g/mol. The molecule has 1 atom stereocenters. The smallest absolute Gasteiger partial charge is 0.219 e. The fourth-order valence-corrected chi connectivity index (χ4v) is 2.14. The highest BCUT2D eigenvalue weighted by Crippen LogP contribution is 2.29. The Morgan fingerprint density at radius 3 is 2.46 bits per heavy atom. The standard InChI is InChI=1S/C10H18N2O/c1-8(13)12-6-5-10(7-12)11(2)9-3-4-9/h9-10H,3-7H2,1-2H3. The SMILES string of the molecule is CC(=O)N1CCC(N(C)C2CC2)C1. The third kappa shape index (κ3) is 1.85. The van der Waals surface area contributed by atoms with Crippen LogP contribution in [0.15, 0.2) is 0 Å². The van der Waals surface area contributed by atoms with Gasteiger partial charge in [-0.1, -0.05) is 0 Å². The predicted molar refractivity (Wildman–Crippen MR) is 51.4 cm³/mol. The zero-order valence-corrected chi connectivity index (χ0v) is 8.49. The second kappa shape index (κ2) is 3.29. The minimum atomic E-state index is 0.228. The van der Waals surface area contributed by atoms with Crippen LogP contribution in [0.5, 0.6) is 0 Å². The van der Waals surface area contributed by atoms with E-state index in [0.29, 0.717) is 6.04 Å². The topological polar surface area (TPSA) is 23.6 Å². The summed E-state index contributed by atoms with van der Waals surface area (Å²) in [5, 5.41) is 0. The first-order chi connectivity index (χ1) is 6.18. The number of hydrogen-bond donors (Lipinski definition) is 0. The summed E-state index contributed by atoms with van der Waals surface area (Å²) in [6.45, 7) is 3.57. The average Bonchev–Trinajstić information content (AvgIpc) is 2.81. The van der Waals surface area contributed by atoms with Gasteiger partial charge in [0.15, 0.2) is 0 Å². The van der Waals surface area contributed by atoms with E-state index in [1.54, 1.807) is 6.92 Å². The first kappa shape index (κ1) is 9.00. The van der Waals surface area contributed by atoms with Crippen molar-refractivity contribution in [3.63, 3.8) is 0 Å². The molecule has 1 unspecified atom stereocenters. The number of amides is 1. The van der Waals surface area contributed by atoms with Crippen LogP contribution in [0.3, 0.4) is 0 Å². The van der Waals surface area contributed by atoms with Crippen LogP contribution in [0.4, 0.5) is 0 Å². The Morgan fingerprint density at radius 1 is 1.31 bits per heavy atom. The largest absolute Gasteiger partial charge is 0.341 e. The van der Waals surface area contributed by atoms with Gasteiger partial charge in [0.1, 0.15) is 0 Å². The van der Waals surface area contributed by atoms with Gasteiger partial charge in [0, 0.05) is 32.1 Å². The molecule has 1 saturated heterocycles. The van der Waals surface area contributed by atoms with E-state index in [9.17, 15) is 4.79 Å².